The summed E-state index contributed by atoms with van der Waals surface area (Å²) >= 11 is 0. The SMILES string of the molecule is CN1CCc2cccc(c2)-c2cc3cc(F)ccc3n2CCN(Cc2cccnc2)Cc2cccc(c2)C1. The zero-order chi connectivity index (χ0) is 25.9. The van der Waals surface area contributed by atoms with Crippen LogP contribution in [-0.4, -0.2) is 39.5 Å². The Labute approximate surface area is 224 Å². The predicted octanol–water partition coefficient (Wildman–Crippen LogP) is 6.53. The highest BCUT2D eigenvalue weighted by atomic mass is 19.1. The van der Waals surface area contributed by atoms with Crippen LogP contribution in [0.5, 0.6) is 0 Å². The first-order valence-electron chi connectivity index (χ1n) is 13.4. The minimum absolute atomic E-state index is 0.200. The van der Waals surface area contributed by atoms with Crippen LogP contribution in [0.4, 0.5) is 4.39 Å². The van der Waals surface area contributed by atoms with E-state index in [0.29, 0.717) is 0 Å². The molecule has 0 saturated heterocycles. The number of likely N-dealkylation sites (N-methyl/N-ethyl adjacent to an activating group) is 1. The summed E-state index contributed by atoms with van der Waals surface area (Å²) in [5.41, 5.74) is 8.55. The molecule has 192 valence electrons. The quantitative estimate of drug-likeness (QED) is 0.273. The van der Waals surface area contributed by atoms with E-state index in [1.807, 2.05) is 24.5 Å². The van der Waals surface area contributed by atoms with Crippen molar-refractivity contribution < 1.29 is 4.39 Å². The number of benzene rings is 3. The van der Waals surface area contributed by atoms with E-state index < -0.39 is 0 Å². The highest BCUT2D eigenvalue weighted by Crippen LogP contribution is 2.30. The van der Waals surface area contributed by atoms with E-state index in [-0.39, 0.29) is 5.82 Å². The first kappa shape index (κ1) is 24.5. The molecule has 4 nitrogen and oxygen atoms in total. The Hall–Kier alpha value is -3.80. The third kappa shape index (κ3) is 5.54. The molecule has 3 aromatic carbocycles. The molecule has 5 heteroatoms. The van der Waals surface area contributed by atoms with E-state index in [1.54, 1.807) is 12.1 Å². The van der Waals surface area contributed by atoms with Gasteiger partial charge in [0.2, 0.25) is 0 Å². The maximum absolute atomic E-state index is 14.2. The van der Waals surface area contributed by atoms with Gasteiger partial charge < -0.3 is 9.47 Å². The number of aromatic nitrogens is 2. The summed E-state index contributed by atoms with van der Waals surface area (Å²) in [5, 5.41) is 0.939. The van der Waals surface area contributed by atoms with Crippen molar-refractivity contribution in [1.29, 1.82) is 0 Å². The van der Waals surface area contributed by atoms with Crippen LogP contribution in [-0.2, 0) is 32.6 Å². The van der Waals surface area contributed by atoms with Crippen LogP contribution in [0.25, 0.3) is 22.2 Å². The lowest BCUT2D eigenvalue weighted by molar-refractivity contribution is 0.247. The highest BCUT2D eigenvalue weighted by molar-refractivity contribution is 5.87. The fourth-order valence-electron chi connectivity index (χ4n) is 5.61. The smallest absolute Gasteiger partial charge is 0.123 e. The van der Waals surface area contributed by atoms with Gasteiger partial charge in [-0.3, -0.25) is 9.88 Å². The lowest BCUT2D eigenvalue weighted by atomic mass is 10.0. The Balaban J connectivity index is 1.43. The average Bonchev–Trinajstić information content (AvgIpc) is 3.28. The molecule has 0 atom stereocenters. The molecule has 0 amide bonds. The van der Waals surface area contributed by atoms with Gasteiger partial charge in [0.25, 0.3) is 0 Å². The number of rotatable bonds is 2. The lowest BCUT2D eigenvalue weighted by Crippen LogP contribution is -2.27. The molecular weight excluding hydrogens is 471 g/mol. The van der Waals surface area contributed by atoms with Gasteiger partial charge in [-0.05, 0) is 77.7 Å². The van der Waals surface area contributed by atoms with Gasteiger partial charge in [0, 0.05) is 68.3 Å². The van der Waals surface area contributed by atoms with E-state index in [2.05, 4.69) is 87.1 Å². The highest BCUT2D eigenvalue weighted by Gasteiger charge is 2.15. The van der Waals surface area contributed by atoms with E-state index in [9.17, 15) is 4.39 Å². The second-order valence-corrected chi connectivity index (χ2v) is 10.5. The molecular formula is C33H33FN4. The normalized spacial score (nSPS) is 15.4. The summed E-state index contributed by atoms with van der Waals surface area (Å²) < 4.78 is 16.6. The third-order valence-corrected chi connectivity index (χ3v) is 7.49. The second-order valence-electron chi connectivity index (χ2n) is 10.5. The van der Waals surface area contributed by atoms with Crippen LogP contribution in [0.1, 0.15) is 22.3 Å². The summed E-state index contributed by atoms with van der Waals surface area (Å²) in [4.78, 5) is 9.23. The first-order chi connectivity index (χ1) is 18.6. The van der Waals surface area contributed by atoms with Crippen molar-refractivity contribution in [1.82, 2.24) is 19.4 Å². The van der Waals surface area contributed by atoms with Gasteiger partial charge in [-0.2, -0.15) is 0 Å². The van der Waals surface area contributed by atoms with Crippen molar-refractivity contribution >= 4 is 10.9 Å². The summed E-state index contributed by atoms with van der Waals surface area (Å²) in [5.74, 6) is -0.200. The predicted molar refractivity (Wildman–Crippen MR) is 152 cm³/mol. The zero-order valence-corrected chi connectivity index (χ0v) is 21.9. The van der Waals surface area contributed by atoms with E-state index in [0.717, 1.165) is 62.3 Å². The minimum Gasteiger partial charge on any atom is -0.339 e. The minimum atomic E-state index is -0.200. The standard InChI is InChI=1S/C33H33FN4/c1-36-14-12-25-5-3-9-29(18-25)33-20-30-19-31(34)10-11-32(30)38(33)16-15-37(24-28-8-4-13-35-21-28)23-27-7-2-6-26(17-27)22-36/h2-11,13,17-21H,12,14-16,22-24H2,1H3. The molecule has 0 saturated carbocycles. The Kier molecular flexibility index (Phi) is 7.04. The van der Waals surface area contributed by atoms with E-state index in [1.165, 1.54) is 27.8 Å². The van der Waals surface area contributed by atoms with Gasteiger partial charge >= 0.3 is 0 Å². The number of fused-ring (bicyclic) bond motifs is 8. The summed E-state index contributed by atoms with van der Waals surface area (Å²) in [6.45, 7) is 5.23. The molecule has 0 spiro atoms. The van der Waals surface area contributed by atoms with Crippen molar-refractivity contribution in [2.75, 3.05) is 20.1 Å². The molecule has 6 rings (SSSR count). The first-order valence-corrected chi connectivity index (χ1v) is 13.4. The fraction of sp³-hybridized carbons (Fsp3) is 0.242. The van der Waals surface area contributed by atoms with Gasteiger partial charge in [-0.1, -0.05) is 48.5 Å². The Morgan fingerprint density at radius 3 is 2.50 bits per heavy atom. The number of hydrogen-bond acceptors (Lipinski definition) is 3. The van der Waals surface area contributed by atoms with Crippen LogP contribution in [0.2, 0.25) is 0 Å². The van der Waals surface area contributed by atoms with E-state index in [4.69, 9.17) is 0 Å². The van der Waals surface area contributed by atoms with Crippen molar-refractivity contribution in [3.05, 3.63) is 125 Å². The molecule has 0 unspecified atom stereocenters. The third-order valence-electron chi connectivity index (χ3n) is 7.49. The molecule has 1 aliphatic rings. The molecule has 4 bridgehead atoms. The molecule has 0 radical (unpaired) electrons. The van der Waals surface area contributed by atoms with Crippen molar-refractivity contribution in [2.24, 2.45) is 0 Å². The van der Waals surface area contributed by atoms with Crippen LogP contribution >= 0.6 is 0 Å². The van der Waals surface area contributed by atoms with Gasteiger partial charge in [0.1, 0.15) is 5.82 Å². The van der Waals surface area contributed by atoms with Crippen LogP contribution in [0, 0.1) is 5.82 Å². The van der Waals surface area contributed by atoms with E-state index >= 15 is 0 Å². The second kappa shape index (κ2) is 10.9. The maximum Gasteiger partial charge on any atom is 0.123 e. The van der Waals surface area contributed by atoms with Gasteiger partial charge in [-0.15, -0.1) is 0 Å². The maximum atomic E-state index is 14.2. The molecule has 5 aromatic rings. The van der Waals surface area contributed by atoms with Gasteiger partial charge in [0.05, 0.1) is 0 Å². The molecule has 0 N–H and O–H groups in total. The topological polar surface area (TPSA) is 24.3 Å². The zero-order valence-electron chi connectivity index (χ0n) is 21.9. The molecule has 0 fully saturated rings. The Morgan fingerprint density at radius 2 is 1.63 bits per heavy atom. The molecule has 0 aliphatic carbocycles. The molecule has 3 heterocycles. The average molecular weight is 505 g/mol. The largest absolute Gasteiger partial charge is 0.339 e. The lowest BCUT2D eigenvalue weighted by Gasteiger charge is -2.25. The molecule has 1 aliphatic heterocycles. The monoisotopic (exact) mass is 504 g/mol. The van der Waals surface area contributed by atoms with Gasteiger partial charge in [-0.25, -0.2) is 4.39 Å². The summed E-state index contributed by atoms with van der Waals surface area (Å²) in [6, 6.07) is 29.2. The van der Waals surface area contributed by atoms with Crippen LogP contribution < -0.4 is 0 Å². The molecule has 2 aromatic heterocycles. The van der Waals surface area contributed by atoms with Crippen LogP contribution in [0.15, 0.2) is 97.3 Å². The van der Waals surface area contributed by atoms with Crippen molar-refractivity contribution in [3.8, 4) is 11.3 Å². The van der Waals surface area contributed by atoms with Gasteiger partial charge in [0.15, 0.2) is 0 Å². The van der Waals surface area contributed by atoms with Crippen LogP contribution in [0.3, 0.4) is 0 Å². The van der Waals surface area contributed by atoms with Crippen molar-refractivity contribution in [3.63, 3.8) is 0 Å². The number of halogens is 1. The number of nitrogens with zero attached hydrogens (tertiary/aromatic N) is 4. The fourth-order valence-corrected chi connectivity index (χ4v) is 5.61. The Bertz CT molecular complexity index is 1540. The Morgan fingerprint density at radius 1 is 0.789 bits per heavy atom. The summed E-state index contributed by atoms with van der Waals surface area (Å²) in [6.07, 6.45) is 4.76. The number of pyridine rings is 1. The number of hydrogen-bond donors (Lipinski definition) is 0. The van der Waals surface area contributed by atoms with Crippen molar-refractivity contribution in [2.45, 2.75) is 32.6 Å². The summed E-state index contributed by atoms with van der Waals surface area (Å²) in [7, 11) is 2.20. The molecule has 38 heavy (non-hydrogen) atoms.